The Morgan fingerprint density at radius 2 is 2.10 bits per heavy atom. The van der Waals surface area contributed by atoms with Crippen molar-refractivity contribution < 1.29 is 13.9 Å². The topological polar surface area (TPSA) is 64.3 Å². The van der Waals surface area contributed by atoms with Crippen LogP contribution in [0, 0.1) is 5.82 Å². The summed E-state index contributed by atoms with van der Waals surface area (Å²) in [6, 6.07) is 11.2. The van der Waals surface area contributed by atoms with Crippen molar-refractivity contribution in [2.24, 2.45) is 0 Å². The molecule has 0 saturated heterocycles. The lowest BCUT2D eigenvalue weighted by molar-refractivity contribution is 0.0526. The van der Waals surface area contributed by atoms with Crippen LogP contribution < -0.4 is 11.1 Å². The standard InChI is InChI=1S/C16H17FN2O2/c1-2-21-16(20)12-6-7-15(14(18)9-12)19-10-11-4-3-5-13(17)8-11/h3-9,19H,2,10,18H2,1H3. The quantitative estimate of drug-likeness (QED) is 0.655. The summed E-state index contributed by atoms with van der Waals surface area (Å²) in [5, 5.41) is 3.11. The highest BCUT2D eigenvalue weighted by Crippen LogP contribution is 2.21. The van der Waals surface area contributed by atoms with E-state index in [9.17, 15) is 9.18 Å². The van der Waals surface area contributed by atoms with Crippen molar-refractivity contribution in [2.45, 2.75) is 13.5 Å². The number of anilines is 2. The molecule has 2 aromatic rings. The number of nitrogens with two attached hydrogens (primary N) is 1. The van der Waals surface area contributed by atoms with E-state index in [1.807, 2.05) is 6.07 Å². The van der Waals surface area contributed by atoms with Gasteiger partial charge in [0.2, 0.25) is 0 Å². The number of nitrogen functional groups attached to an aromatic ring is 1. The van der Waals surface area contributed by atoms with Crippen LogP contribution in [0.2, 0.25) is 0 Å². The smallest absolute Gasteiger partial charge is 0.338 e. The molecule has 0 fully saturated rings. The number of rotatable bonds is 5. The molecular weight excluding hydrogens is 271 g/mol. The van der Waals surface area contributed by atoms with Crippen LogP contribution in [0.5, 0.6) is 0 Å². The van der Waals surface area contributed by atoms with E-state index in [1.54, 1.807) is 31.2 Å². The zero-order chi connectivity index (χ0) is 15.2. The van der Waals surface area contributed by atoms with Crippen LogP contribution in [-0.2, 0) is 11.3 Å². The number of benzene rings is 2. The first-order chi connectivity index (χ1) is 10.1. The van der Waals surface area contributed by atoms with Gasteiger partial charge in [-0.1, -0.05) is 12.1 Å². The van der Waals surface area contributed by atoms with Crippen molar-refractivity contribution in [3.05, 3.63) is 59.4 Å². The molecule has 0 aromatic heterocycles. The Labute approximate surface area is 122 Å². The molecule has 2 rings (SSSR count). The second-order valence-corrected chi connectivity index (χ2v) is 4.51. The Balaban J connectivity index is 2.06. The molecule has 0 spiro atoms. The Bertz CT molecular complexity index is 644. The minimum absolute atomic E-state index is 0.278. The molecule has 0 saturated carbocycles. The van der Waals surface area contributed by atoms with Gasteiger partial charge in [0, 0.05) is 6.54 Å². The Morgan fingerprint density at radius 1 is 1.29 bits per heavy atom. The number of esters is 1. The molecule has 2 aromatic carbocycles. The predicted molar refractivity (Wildman–Crippen MR) is 80.5 cm³/mol. The lowest BCUT2D eigenvalue weighted by Gasteiger charge is -2.11. The molecule has 110 valence electrons. The van der Waals surface area contributed by atoms with Gasteiger partial charge in [0.15, 0.2) is 0 Å². The van der Waals surface area contributed by atoms with E-state index in [-0.39, 0.29) is 5.82 Å². The van der Waals surface area contributed by atoms with Crippen LogP contribution >= 0.6 is 0 Å². The van der Waals surface area contributed by atoms with Crippen molar-refractivity contribution in [2.75, 3.05) is 17.7 Å². The van der Waals surface area contributed by atoms with Gasteiger partial charge >= 0.3 is 5.97 Å². The molecule has 0 bridgehead atoms. The summed E-state index contributed by atoms with van der Waals surface area (Å²) in [6.07, 6.45) is 0. The highest BCUT2D eigenvalue weighted by molar-refractivity contribution is 5.91. The fraction of sp³-hybridized carbons (Fsp3) is 0.188. The fourth-order valence-electron chi connectivity index (χ4n) is 1.91. The average Bonchev–Trinajstić information content (AvgIpc) is 2.46. The largest absolute Gasteiger partial charge is 0.462 e. The van der Waals surface area contributed by atoms with Gasteiger partial charge in [-0.2, -0.15) is 0 Å². The summed E-state index contributed by atoms with van der Waals surface area (Å²) in [5.74, 6) is -0.680. The molecule has 0 aliphatic heterocycles. The van der Waals surface area contributed by atoms with E-state index < -0.39 is 5.97 Å². The third-order valence-corrected chi connectivity index (χ3v) is 2.93. The first-order valence-electron chi connectivity index (χ1n) is 6.65. The molecule has 3 N–H and O–H groups in total. The molecule has 0 atom stereocenters. The van der Waals surface area contributed by atoms with E-state index in [1.165, 1.54) is 12.1 Å². The number of hydrogen-bond donors (Lipinski definition) is 2. The maximum Gasteiger partial charge on any atom is 0.338 e. The van der Waals surface area contributed by atoms with Crippen molar-refractivity contribution >= 4 is 17.3 Å². The molecule has 5 heteroatoms. The second kappa shape index (κ2) is 6.74. The number of halogens is 1. The average molecular weight is 288 g/mol. The molecule has 0 heterocycles. The predicted octanol–water partition coefficient (Wildman–Crippen LogP) is 3.20. The van der Waals surface area contributed by atoms with E-state index in [0.29, 0.717) is 30.1 Å². The first kappa shape index (κ1) is 14.8. The number of carbonyl (C=O) groups excluding carboxylic acids is 1. The lowest BCUT2D eigenvalue weighted by Crippen LogP contribution is -2.07. The van der Waals surface area contributed by atoms with Crippen molar-refractivity contribution in [1.29, 1.82) is 0 Å². The number of ether oxygens (including phenoxy) is 1. The van der Waals surface area contributed by atoms with Gasteiger partial charge in [0.1, 0.15) is 5.82 Å². The summed E-state index contributed by atoms with van der Waals surface area (Å²) in [6.45, 7) is 2.51. The monoisotopic (exact) mass is 288 g/mol. The van der Waals surface area contributed by atoms with Gasteiger partial charge in [-0.05, 0) is 42.8 Å². The first-order valence-corrected chi connectivity index (χ1v) is 6.65. The zero-order valence-electron chi connectivity index (χ0n) is 11.7. The summed E-state index contributed by atoms with van der Waals surface area (Å²) in [7, 11) is 0. The minimum atomic E-state index is -0.402. The molecule has 0 aliphatic carbocycles. The van der Waals surface area contributed by atoms with E-state index >= 15 is 0 Å². The van der Waals surface area contributed by atoms with Gasteiger partial charge in [0.25, 0.3) is 0 Å². The highest BCUT2D eigenvalue weighted by Gasteiger charge is 2.08. The third kappa shape index (κ3) is 3.95. The normalized spacial score (nSPS) is 10.2. The third-order valence-electron chi connectivity index (χ3n) is 2.93. The maximum absolute atomic E-state index is 13.1. The Hall–Kier alpha value is -2.56. The molecule has 0 radical (unpaired) electrons. The van der Waals surface area contributed by atoms with Crippen LogP contribution in [0.15, 0.2) is 42.5 Å². The Kier molecular flexibility index (Phi) is 4.77. The minimum Gasteiger partial charge on any atom is -0.462 e. The summed E-state index contributed by atoms with van der Waals surface area (Å²) >= 11 is 0. The van der Waals surface area contributed by atoms with Crippen LogP contribution in [0.4, 0.5) is 15.8 Å². The van der Waals surface area contributed by atoms with Gasteiger partial charge in [-0.25, -0.2) is 9.18 Å². The van der Waals surface area contributed by atoms with Gasteiger partial charge in [-0.15, -0.1) is 0 Å². The second-order valence-electron chi connectivity index (χ2n) is 4.51. The van der Waals surface area contributed by atoms with Crippen molar-refractivity contribution in [3.63, 3.8) is 0 Å². The molecular formula is C16H17FN2O2. The van der Waals surface area contributed by atoms with Crippen LogP contribution in [0.1, 0.15) is 22.8 Å². The van der Waals surface area contributed by atoms with Gasteiger partial charge in [0.05, 0.1) is 23.5 Å². The van der Waals surface area contributed by atoms with Crippen LogP contribution in [0.25, 0.3) is 0 Å². The zero-order valence-corrected chi connectivity index (χ0v) is 11.7. The summed E-state index contributed by atoms with van der Waals surface area (Å²) < 4.78 is 18.0. The summed E-state index contributed by atoms with van der Waals surface area (Å²) in [4.78, 5) is 11.6. The molecule has 0 unspecified atom stereocenters. The number of hydrogen-bond acceptors (Lipinski definition) is 4. The van der Waals surface area contributed by atoms with Crippen molar-refractivity contribution in [1.82, 2.24) is 0 Å². The van der Waals surface area contributed by atoms with E-state index in [0.717, 1.165) is 5.56 Å². The lowest BCUT2D eigenvalue weighted by atomic mass is 10.1. The van der Waals surface area contributed by atoms with Crippen molar-refractivity contribution in [3.8, 4) is 0 Å². The van der Waals surface area contributed by atoms with Crippen LogP contribution in [0.3, 0.4) is 0 Å². The van der Waals surface area contributed by atoms with Crippen LogP contribution in [-0.4, -0.2) is 12.6 Å². The highest BCUT2D eigenvalue weighted by atomic mass is 19.1. The fourth-order valence-corrected chi connectivity index (χ4v) is 1.91. The van der Waals surface area contributed by atoms with Gasteiger partial charge in [-0.3, -0.25) is 0 Å². The maximum atomic E-state index is 13.1. The number of carbonyl (C=O) groups is 1. The molecule has 0 amide bonds. The van der Waals surface area contributed by atoms with E-state index in [4.69, 9.17) is 10.5 Å². The SMILES string of the molecule is CCOC(=O)c1ccc(NCc2cccc(F)c2)c(N)c1. The molecule has 0 aliphatic rings. The molecule has 21 heavy (non-hydrogen) atoms. The van der Waals surface area contributed by atoms with Gasteiger partial charge < -0.3 is 15.8 Å². The Morgan fingerprint density at radius 3 is 2.76 bits per heavy atom. The molecule has 4 nitrogen and oxygen atoms in total. The summed E-state index contributed by atoms with van der Waals surface area (Å²) in [5.41, 5.74) is 8.25. The van der Waals surface area contributed by atoms with E-state index in [2.05, 4.69) is 5.32 Å². The number of nitrogens with one attached hydrogen (secondary N) is 1.